The minimum atomic E-state index is 0.358. The molecule has 3 N–H and O–H groups in total. The fourth-order valence-electron chi connectivity index (χ4n) is 2.12. The van der Waals surface area contributed by atoms with Gasteiger partial charge in [-0.3, -0.25) is 0 Å². The first-order valence-corrected chi connectivity index (χ1v) is 7.76. The van der Waals surface area contributed by atoms with Crippen LogP contribution in [0.2, 0.25) is 0 Å². The average molecular weight is 336 g/mol. The summed E-state index contributed by atoms with van der Waals surface area (Å²) < 4.78 is 5.48. The lowest BCUT2D eigenvalue weighted by molar-refractivity contribution is 0.326. The summed E-state index contributed by atoms with van der Waals surface area (Å²) in [4.78, 5) is 8.79. The molecule has 0 saturated carbocycles. The van der Waals surface area contributed by atoms with Crippen LogP contribution in [0.3, 0.4) is 0 Å². The van der Waals surface area contributed by atoms with Gasteiger partial charge in [0.1, 0.15) is 12.4 Å². The summed E-state index contributed by atoms with van der Waals surface area (Å²) in [5.41, 5.74) is 3.23. The van der Waals surface area contributed by atoms with E-state index in [0.717, 1.165) is 16.8 Å². The summed E-state index contributed by atoms with van der Waals surface area (Å²) in [5.74, 6) is 1.13. The molecule has 0 amide bonds. The quantitative estimate of drug-likeness (QED) is 0.505. The SMILES string of the molecule is CN/C=C(\C=N)Nc1ncc(C)c(-c2ccc(OCCC#N)cc2)n1. The number of nitrogens with one attached hydrogen (secondary N) is 3. The molecule has 0 spiro atoms. The molecule has 7 nitrogen and oxygen atoms in total. The monoisotopic (exact) mass is 336 g/mol. The van der Waals surface area contributed by atoms with Gasteiger partial charge in [0.05, 0.1) is 23.9 Å². The van der Waals surface area contributed by atoms with Gasteiger partial charge in [-0.25, -0.2) is 9.97 Å². The van der Waals surface area contributed by atoms with Crippen LogP contribution in [0.15, 0.2) is 42.4 Å². The summed E-state index contributed by atoms with van der Waals surface area (Å²) in [5, 5.41) is 21.8. The van der Waals surface area contributed by atoms with Gasteiger partial charge < -0.3 is 20.8 Å². The first-order chi connectivity index (χ1) is 12.2. The number of benzene rings is 1. The zero-order valence-corrected chi connectivity index (χ0v) is 14.2. The van der Waals surface area contributed by atoms with Crippen molar-refractivity contribution in [2.24, 2.45) is 0 Å². The predicted molar refractivity (Wildman–Crippen MR) is 97.5 cm³/mol. The van der Waals surface area contributed by atoms with E-state index in [1.54, 1.807) is 19.4 Å². The normalized spacial score (nSPS) is 10.7. The maximum absolute atomic E-state index is 8.54. The maximum atomic E-state index is 8.54. The van der Waals surface area contributed by atoms with E-state index in [1.807, 2.05) is 37.3 Å². The van der Waals surface area contributed by atoms with Crippen molar-refractivity contribution in [2.45, 2.75) is 13.3 Å². The van der Waals surface area contributed by atoms with Gasteiger partial charge in [0.25, 0.3) is 0 Å². The van der Waals surface area contributed by atoms with Gasteiger partial charge in [0.15, 0.2) is 0 Å². The molecule has 2 rings (SSSR count). The van der Waals surface area contributed by atoms with E-state index >= 15 is 0 Å². The molecule has 0 atom stereocenters. The van der Waals surface area contributed by atoms with Gasteiger partial charge in [0, 0.05) is 31.2 Å². The number of hydrogen-bond acceptors (Lipinski definition) is 7. The van der Waals surface area contributed by atoms with Crippen molar-refractivity contribution in [3.63, 3.8) is 0 Å². The highest BCUT2D eigenvalue weighted by molar-refractivity contribution is 5.79. The number of hydrogen-bond donors (Lipinski definition) is 3. The standard InChI is InChI=1S/C18H20N6O/c1-13-11-22-18(23-15(10-20)12-21-2)24-17(13)14-4-6-16(7-5-14)25-9-3-8-19/h4-7,10-12,20-21H,3,9H2,1-2H3,(H,22,23,24)/b15-12+,20-10?. The van der Waals surface area contributed by atoms with Crippen LogP contribution in [-0.2, 0) is 0 Å². The van der Waals surface area contributed by atoms with E-state index in [2.05, 4.69) is 20.6 Å². The van der Waals surface area contributed by atoms with Crippen molar-refractivity contribution in [3.8, 4) is 23.1 Å². The van der Waals surface area contributed by atoms with Gasteiger partial charge in [-0.15, -0.1) is 0 Å². The zero-order valence-electron chi connectivity index (χ0n) is 14.2. The van der Waals surface area contributed by atoms with E-state index in [0.29, 0.717) is 30.4 Å². The second kappa shape index (κ2) is 9.03. The van der Waals surface area contributed by atoms with E-state index in [9.17, 15) is 0 Å². The largest absolute Gasteiger partial charge is 0.493 e. The lowest BCUT2D eigenvalue weighted by Crippen LogP contribution is -2.09. The molecule has 0 saturated heterocycles. The van der Waals surface area contributed by atoms with Crippen LogP contribution in [0.5, 0.6) is 5.75 Å². The molecule has 0 radical (unpaired) electrons. The molecule has 0 aliphatic rings. The first-order valence-electron chi connectivity index (χ1n) is 7.76. The average Bonchev–Trinajstić information content (AvgIpc) is 2.64. The van der Waals surface area contributed by atoms with Crippen molar-refractivity contribution in [3.05, 3.63) is 47.9 Å². The molecule has 0 unspecified atom stereocenters. The third-order valence-corrected chi connectivity index (χ3v) is 3.29. The number of aryl methyl sites for hydroxylation is 1. The Balaban J connectivity index is 2.21. The molecular formula is C18H20N6O. The van der Waals surface area contributed by atoms with E-state index in [-0.39, 0.29) is 0 Å². The summed E-state index contributed by atoms with van der Waals surface area (Å²) in [6.45, 7) is 2.32. The third-order valence-electron chi connectivity index (χ3n) is 3.29. The minimum absolute atomic E-state index is 0.358. The summed E-state index contributed by atoms with van der Waals surface area (Å²) >= 11 is 0. The molecule has 128 valence electrons. The lowest BCUT2D eigenvalue weighted by Gasteiger charge is -2.10. The zero-order chi connectivity index (χ0) is 18.1. The van der Waals surface area contributed by atoms with Crippen molar-refractivity contribution >= 4 is 12.2 Å². The summed E-state index contributed by atoms with van der Waals surface area (Å²) in [7, 11) is 1.76. The molecular weight excluding hydrogens is 316 g/mol. The number of allylic oxidation sites excluding steroid dienone is 1. The molecule has 2 aromatic rings. The molecule has 7 heteroatoms. The van der Waals surface area contributed by atoms with E-state index in [4.69, 9.17) is 15.4 Å². The Kier molecular flexibility index (Phi) is 6.48. The Morgan fingerprint density at radius 2 is 2.12 bits per heavy atom. The van der Waals surface area contributed by atoms with Crippen LogP contribution < -0.4 is 15.4 Å². The number of nitriles is 1. The maximum Gasteiger partial charge on any atom is 0.227 e. The van der Waals surface area contributed by atoms with Gasteiger partial charge >= 0.3 is 0 Å². The molecule has 0 fully saturated rings. The molecule has 1 aromatic carbocycles. The molecule has 0 aliphatic carbocycles. The van der Waals surface area contributed by atoms with E-state index < -0.39 is 0 Å². The molecule has 1 heterocycles. The van der Waals surface area contributed by atoms with Crippen molar-refractivity contribution in [1.29, 1.82) is 10.7 Å². The topological polar surface area (TPSA) is 107 Å². The van der Waals surface area contributed by atoms with Crippen LogP contribution in [0.1, 0.15) is 12.0 Å². The number of nitrogens with zero attached hydrogens (tertiary/aromatic N) is 3. The Morgan fingerprint density at radius 1 is 1.36 bits per heavy atom. The summed E-state index contributed by atoms with van der Waals surface area (Å²) in [6, 6.07) is 9.59. The summed E-state index contributed by atoms with van der Waals surface area (Å²) in [6.07, 6.45) is 4.94. The van der Waals surface area contributed by atoms with Crippen molar-refractivity contribution in [1.82, 2.24) is 15.3 Å². The van der Waals surface area contributed by atoms with Crippen LogP contribution in [0, 0.1) is 23.7 Å². The second-order valence-electron chi connectivity index (χ2n) is 5.16. The molecule has 0 aliphatic heterocycles. The number of rotatable bonds is 8. The fraction of sp³-hybridized carbons (Fsp3) is 0.222. The smallest absolute Gasteiger partial charge is 0.227 e. The Labute approximate surface area is 146 Å². The Bertz CT molecular complexity index is 792. The van der Waals surface area contributed by atoms with E-state index in [1.165, 1.54) is 6.21 Å². The molecule has 1 aromatic heterocycles. The first kappa shape index (κ1) is 17.9. The van der Waals surface area contributed by atoms with Crippen molar-refractivity contribution < 1.29 is 4.74 Å². The van der Waals surface area contributed by atoms with Gasteiger partial charge in [0.2, 0.25) is 5.95 Å². The predicted octanol–water partition coefficient (Wildman–Crippen LogP) is 2.87. The number of anilines is 1. The lowest BCUT2D eigenvalue weighted by atomic mass is 10.1. The van der Waals surface area contributed by atoms with Crippen molar-refractivity contribution in [2.75, 3.05) is 19.0 Å². The second-order valence-corrected chi connectivity index (χ2v) is 5.16. The van der Waals surface area contributed by atoms with Crippen LogP contribution in [0.25, 0.3) is 11.3 Å². The van der Waals surface area contributed by atoms with Gasteiger partial charge in [-0.2, -0.15) is 5.26 Å². The number of ether oxygens (including phenoxy) is 1. The minimum Gasteiger partial charge on any atom is -0.493 e. The Hall–Kier alpha value is -3.40. The molecule has 25 heavy (non-hydrogen) atoms. The highest BCUT2D eigenvalue weighted by atomic mass is 16.5. The Morgan fingerprint density at radius 3 is 2.76 bits per heavy atom. The third kappa shape index (κ3) is 5.04. The number of aromatic nitrogens is 2. The van der Waals surface area contributed by atoms with Gasteiger partial charge in [-0.1, -0.05) is 0 Å². The highest BCUT2D eigenvalue weighted by Crippen LogP contribution is 2.24. The van der Waals surface area contributed by atoms with Crippen LogP contribution in [0.4, 0.5) is 5.95 Å². The molecule has 0 bridgehead atoms. The van der Waals surface area contributed by atoms with Crippen LogP contribution in [-0.4, -0.2) is 29.8 Å². The highest BCUT2D eigenvalue weighted by Gasteiger charge is 2.08. The fourth-order valence-corrected chi connectivity index (χ4v) is 2.12. The van der Waals surface area contributed by atoms with Gasteiger partial charge in [-0.05, 0) is 36.8 Å². The van der Waals surface area contributed by atoms with Crippen LogP contribution >= 0.6 is 0 Å².